The molecule has 5 heteroatoms. The lowest BCUT2D eigenvalue weighted by molar-refractivity contribution is -0.124. The van der Waals surface area contributed by atoms with Crippen molar-refractivity contribution in [2.24, 2.45) is 0 Å². The molecule has 1 aliphatic rings. The molecule has 94 valence electrons. The Morgan fingerprint density at radius 3 is 3.24 bits per heavy atom. The average Bonchev–Trinajstić information content (AvgIpc) is 3.00. The molecule has 1 fully saturated rings. The summed E-state index contributed by atoms with van der Waals surface area (Å²) in [5.74, 6) is 0.0340. The van der Waals surface area contributed by atoms with Crippen LogP contribution in [0.15, 0.2) is 18.5 Å². The molecule has 1 amide bonds. The fraction of sp³-hybridized carbons (Fsp3) is 0.667. The first-order valence-corrected chi connectivity index (χ1v) is 6.27. The summed E-state index contributed by atoms with van der Waals surface area (Å²) in [5, 5.41) is 10.4. The molecule has 17 heavy (non-hydrogen) atoms. The SMILES string of the molecule is CC(C(=O)NCC[C@H]1CCCN1)n1cccn1. The third-order valence-corrected chi connectivity index (χ3v) is 3.26. The van der Waals surface area contributed by atoms with Crippen molar-refractivity contribution in [3.63, 3.8) is 0 Å². The van der Waals surface area contributed by atoms with Gasteiger partial charge in [-0.15, -0.1) is 0 Å². The summed E-state index contributed by atoms with van der Waals surface area (Å²) < 4.78 is 1.67. The first kappa shape index (κ1) is 12.1. The van der Waals surface area contributed by atoms with Crippen LogP contribution in [0, 0.1) is 0 Å². The van der Waals surface area contributed by atoms with Crippen LogP contribution < -0.4 is 10.6 Å². The third-order valence-electron chi connectivity index (χ3n) is 3.26. The van der Waals surface area contributed by atoms with E-state index in [9.17, 15) is 4.79 Å². The van der Waals surface area contributed by atoms with Crippen molar-refractivity contribution in [2.45, 2.75) is 38.3 Å². The van der Waals surface area contributed by atoms with Gasteiger partial charge in [0.25, 0.3) is 0 Å². The summed E-state index contributed by atoms with van der Waals surface area (Å²) in [4.78, 5) is 11.8. The molecule has 2 N–H and O–H groups in total. The van der Waals surface area contributed by atoms with E-state index in [4.69, 9.17) is 0 Å². The number of aromatic nitrogens is 2. The van der Waals surface area contributed by atoms with Crippen molar-refractivity contribution in [2.75, 3.05) is 13.1 Å². The topological polar surface area (TPSA) is 59.0 Å². The van der Waals surface area contributed by atoms with Crippen molar-refractivity contribution >= 4 is 5.91 Å². The zero-order chi connectivity index (χ0) is 12.1. The molecule has 2 heterocycles. The molecule has 5 nitrogen and oxygen atoms in total. The highest BCUT2D eigenvalue weighted by Gasteiger charge is 2.16. The van der Waals surface area contributed by atoms with Gasteiger partial charge in [0.05, 0.1) is 0 Å². The molecule has 0 spiro atoms. The number of amides is 1. The van der Waals surface area contributed by atoms with Crippen molar-refractivity contribution < 1.29 is 4.79 Å². The highest BCUT2D eigenvalue weighted by molar-refractivity contribution is 5.79. The van der Waals surface area contributed by atoms with Crippen LogP contribution in [0.4, 0.5) is 0 Å². The van der Waals surface area contributed by atoms with E-state index in [1.807, 2.05) is 19.2 Å². The lowest BCUT2D eigenvalue weighted by Crippen LogP contribution is -2.34. The molecule has 1 aliphatic heterocycles. The second kappa shape index (κ2) is 5.82. The summed E-state index contributed by atoms with van der Waals surface area (Å²) in [6.45, 7) is 3.71. The molecule has 2 atom stereocenters. The minimum atomic E-state index is -0.235. The second-order valence-electron chi connectivity index (χ2n) is 4.54. The largest absolute Gasteiger partial charge is 0.354 e. The van der Waals surface area contributed by atoms with E-state index in [0.29, 0.717) is 6.04 Å². The van der Waals surface area contributed by atoms with Crippen molar-refractivity contribution in [3.8, 4) is 0 Å². The van der Waals surface area contributed by atoms with E-state index >= 15 is 0 Å². The van der Waals surface area contributed by atoms with Gasteiger partial charge in [-0.25, -0.2) is 0 Å². The summed E-state index contributed by atoms with van der Waals surface area (Å²) in [7, 11) is 0. The summed E-state index contributed by atoms with van der Waals surface area (Å²) >= 11 is 0. The van der Waals surface area contributed by atoms with Gasteiger partial charge in [0.15, 0.2) is 0 Å². The van der Waals surface area contributed by atoms with Gasteiger partial charge in [-0.1, -0.05) is 0 Å². The molecule has 1 unspecified atom stereocenters. The monoisotopic (exact) mass is 236 g/mol. The molecule has 1 aromatic heterocycles. The number of carbonyl (C=O) groups is 1. The molecule has 1 aromatic rings. The molecule has 0 aliphatic carbocycles. The van der Waals surface area contributed by atoms with Crippen LogP contribution in [0.25, 0.3) is 0 Å². The maximum atomic E-state index is 11.8. The molecular formula is C12H20N4O. The number of nitrogens with zero attached hydrogens (tertiary/aromatic N) is 2. The zero-order valence-electron chi connectivity index (χ0n) is 10.2. The van der Waals surface area contributed by atoms with Crippen LogP contribution in [-0.2, 0) is 4.79 Å². The summed E-state index contributed by atoms with van der Waals surface area (Å²) in [5.41, 5.74) is 0. The number of hydrogen-bond donors (Lipinski definition) is 2. The Bertz CT molecular complexity index is 343. The number of nitrogens with one attached hydrogen (secondary N) is 2. The van der Waals surface area contributed by atoms with Gasteiger partial charge >= 0.3 is 0 Å². The van der Waals surface area contributed by atoms with Crippen molar-refractivity contribution in [3.05, 3.63) is 18.5 Å². The van der Waals surface area contributed by atoms with Crippen molar-refractivity contribution in [1.29, 1.82) is 0 Å². The Labute approximate surface area is 102 Å². The maximum Gasteiger partial charge on any atom is 0.244 e. The number of rotatable bonds is 5. The van der Waals surface area contributed by atoms with Gasteiger partial charge in [0, 0.05) is 25.0 Å². The summed E-state index contributed by atoms with van der Waals surface area (Å²) in [6, 6.07) is 2.17. The van der Waals surface area contributed by atoms with Gasteiger partial charge in [0.1, 0.15) is 6.04 Å². The lowest BCUT2D eigenvalue weighted by atomic mass is 10.1. The molecule has 0 bridgehead atoms. The normalized spacial score (nSPS) is 21.4. The Hall–Kier alpha value is -1.36. The van der Waals surface area contributed by atoms with Gasteiger partial charge in [-0.05, 0) is 38.8 Å². The zero-order valence-corrected chi connectivity index (χ0v) is 10.2. The van der Waals surface area contributed by atoms with Crippen LogP contribution in [0.2, 0.25) is 0 Å². The van der Waals surface area contributed by atoms with Crippen LogP contribution in [0.1, 0.15) is 32.2 Å². The smallest absolute Gasteiger partial charge is 0.244 e. The molecule has 2 rings (SSSR count). The van der Waals surface area contributed by atoms with Crippen LogP contribution in [0.5, 0.6) is 0 Å². The summed E-state index contributed by atoms with van der Waals surface area (Å²) in [6.07, 6.45) is 6.99. The van der Waals surface area contributed by atoms with E-state index < -0.39 is 0 Å². The number of hydrogen-bond acceptors (Lipinski definition) is 3. The van der Waals surface area contributed by atoms with E-state index in [0.717, 1.165) is 19.5 Å². The quantitative estimate of drug-likeness (QED) is 0.791. The average molecular weight is 236 g/mol. The van der Waals surface area contributed by atoms with Gasteiger partial charge in [-0.2, -0.15) is 5.10 Å². The lowest BCUT2D eigenvalue weighted by Gasteiger charge is -2.14. The Balaban J connectivity index is 1.69. The van der Waals surface area contributed by atoms with E-state index in [2.05, 4.69) is 15.7 Å². The minimum absolute atomic E-state index is 0.0340. The second-order valence-corrected chi connectivity index (χ2v) is 4.54. The van der Waals surface area contributed by atoms with E-state index in [-0.39, 0.29) is 11.9 Å². The minimum Gasteiger partial charge on any atom is -0.354 e. The van der Waals surface area contributed by atoms with Gasteiger partial charge < -0.3 is 10.6 Å². The van der Waals surface area contributed by atoms with Crippen LogP contribution in [-0.4, -0.2) is 34.8 Å². The molecule has 0 aromatic carbocycles. The van der Waals surface area contributed by atoms with Crippen molar-refractivity contribution in [1.82, 2.24) is 20.4 Å². The fourth-order valence-corrected chi connectivity index (χ4v) is 2.15. The van der Waals surface area contributed by atoms with Gasteiger partial charge in [0.2, 0.25) is 5.91 Å². The van der Waals surface area contributed by atoms with E-state index in [1.54, 1.807) is 10.9 Å². The highest BCUT2D eigenvalue weighted by Crippen LogP contribution is 2.08. The first-order valence-electron chi connectivity index (χ1n) is 6.27. The van der Waals surface area contributed by atoms with Crippen LogP contribution in [0.3, 0.4) is 0 Å². The predicted octanol–water partition coefficient (Wildman–Crippen LogP) is 0.702. The third kappa shape index (κ3) is 3.30. The Morgan fingerprint density at radius 2 is 2.59 bits per heavy atom. The van der Waals surface area contributed by atoms with Gasteiger partial charge in [-0.3, -0.25) is 9.48 Å². The first-order chi connectivity index (χ1) is 8.27. The Morgan fingerprint density at radius 1 is 1.71 bits per heavy atom. The number of carbonyl (C=O) groups excluding carboxylic acids is 1. The Kier molecular flexibility index (Phi) is 4.14. The molecule has 1 saturated heterocycles. The van der Waals surface area contributed by atoms with Crippen LogP contribution >= 0.6 is 0 Å². The van der Waals surface area contributed by atoms with E-state index in [1.165, 1.54) is 12.8 Å². The molecule has 0 saturated carbocycles. The molecule has 0 radical (unpaired) electrons. The maximum absolute atomic E-state index is 11.8. The fourth-order valence-electron chi connectivity index (χ4n) is 2.15. The highest BCUT2D eigenvalue weighted by atomic mass is 16.2. The standard InChI is InChI=1S/C12H20N4O/c1-10(16-9-3-7-15-16)12(17)14-8-5-11-4-2-6-13-11/h3,7,9-11,13H,2,4-6,8H2,1H3,(H,14,17)/t10?,11-/m1/s1. The molecular weight excluding hydrogens is 216 g/mol. The predicted molar refractivity (Wildman–Crippen MR) is 65.6 cm³/mol.